The van der Waals surface area contributed by atoms with Gasteiger partial charge in [0.2, 0.25) is 0 Å². The van der Waals surface area contributed by atoms with E-state index in [9.17, 15) is 15.0 Å². The van der Waals surface area contributed by atoms with Crippen molar-refractivity contribution in [2.24, 2.45) is 11.8 Å². The van der Waals surface area contributed by atoms with Gasteiger partial charge in [-0.25, -0.2) is 4.79 Å². The van der Waals surface area contributed by atoms with Crippen molar-refractivity contribution in [1.82, 2.24) is 0 Å². The highest BCUT2D eigenvalue weighted by Gasteiger charge is 2.38. The van der Waals surface area contributed by atoms with Crippen LogP contribution in [-0.2, 0) is 14.3 Å². The molecule has 2 N–H and O–H groups in total. The van der Waals surface area contributed by atoms with Gasteiger partial charge >= 0.3 is 5.97 Å². The zero-order valence-corrected chi connectivity index (χ0v) is 19.2. The number of carbonyl (C=O) groups is 1. The molecule has 1 aliphatic carbocycles. The number of esters is 1. The van der Waals surface area contributed by atoms with E-state index in [-0.39, 0.29) is 25.7 Å². The van der Waals surface area contributed by atoms with Crippen LogP contribution in [0.15, 0.2) is 0 Å². The van der Waals surface area contributed by atoms with Crippen molar-refractivity contribution in [1.29, 1.82) is 0 Å². The minimum absolute atomic E-state index is 0.153. The second-order valence-corrected chi connectivity index (χ2v) is 8.66. The summed E-state index contributed by atoms with van der Waals surface area (Å²) < 4.78 is 10.2. The highest BCUT2D eigenvalue weighted by Crippen LogP contribution is 2.39. The Labute approximate surface area is 178 Å². The second-order valence-electron chi connectivity index (χ2n) is 8.66. The Kier molecular flexibility index (Phi) is 13.8. The predicted molar refractivity (Wildman–Crippen MR) is 117 cm³/mol. The van der Waals surface area contributed by atoms with E-state index in [1.165, 1.54) is 44.9 Å². The quantitative estimate of drug-likeness (QED) is 0.190. The Balaban J connectivity index is 2.28. The van der Waals surface area contributed by atoms with Gasteiger partial charge in [0.05, 0.1) is 12.7 Å². The largest absolute Gasteiger partial charge is 0.462 e. The van der Waals surface area contributed by atoms with E-state index >= 15 is 0 Å². The molecule has 0 radical (unpaired) electrons. The molecule has 1 aliphatic rings. The monoisotopic (exact) mass is 414 g/mol. The molecule has 0 heterocycles. The molecule has 172 valence electrons. The Morgan fingerprint density at radius 2 is 1.55 bits per heavy atom. The van der Waals surface area contributed by atoms with Crippen LogP contribution >= 0.6 is 0 Å². The maximum absolute atomic E-state index is 12.0. The van der Waals surface area contributed by atoms with Crippen molar-refractivity contribution in [2.45, 2.75) is 123 Å². The SMILES string of the molecule is CCCCCCCC[C@H]1CC[C@H](O)[C@@H]1CCCCCC(O)(OCC)C(=O)OCC. The highest BCUT2D eigenvalue weighted by atomic mass is 16.7. The molecule has 1 rings (SSSR count). The Hall–Kier alpha value is -0.650. The summed E-state index contributed by atoms with van der Waals surface area (Å²) >= 11 is 0. The molecular formula is C24H46O5. The van der Waals surface area contributed by atoms with Gasteiger partial charge < -0.3 is 19.7 Å². The fourth-order valence-electron chi connectivity index (χ4n) is 4.74. The van der Waals surface area contributed by atoms with Crippen LogP contribution in [0.2, 0.25) is 0 Å². The van der Waals surface area contributed by atoms with Crippen molar-refractivity contribution >= 4 is 5.97 Å². The Morgan fingerprint density at radius 3 is 2.24 bits per heavy atom. The van der Waals surface area contributed by atoms with Crippen molar-refractivity contribution in [3.05, 3.63) is 0 Å². The van der Waals surface area contributed by atoms with Crippen LogP contribution in [0.5, 0.6) is 0 Å². The van der Waals surface area contributed by atoms with Gasteiger partial charge in [-0.2, -0.15) is 0 Å². The van der Waals surface area contributed by atoms with Gasteiger partial charge in [0.1, 0.15) is 0 Å². The molecule has 0 spiro atoms. The maximum Gasteiger partial charge on any atom is 0.366 e. The van der Waals surface area contributed by atoms with Crippen LogP contribution in [0.25, 0.3) is 0 Å². The number of hydrogen-bond acceptors (Lipinski definition) is 5. The molecule has 1 fully saturated rings. The van der Waals surface area contributed by atoms with Gasteiger partial charge in [-0.05, 0) is 51.4 Å². The van der Waals surface area contributed by atoms with Gasteiger partial charge in [-0.15, -0.1) is 0 Å². The van der Waals surface area contributed by atoms with Gasteiger partial charge in [0.25, 0.3) is 5.79 Å². The molecular weight excluding hydrogens is 368 g/mol. The number of aliphatic hydroxyl groups is 2. The van der Waals surface area contributed by atoms with Crippen LogP contribution in [0.1, 0.15) is 111 Å². The summed E-state index contributed by atoms with van der Waals surface area (Å²) in [5.74, 6) is -1.43. The van der Waals surface area contributed by atoms with Crippen molar-refractivity contribution in [3.63, 3.8) is 0 Å². The first-order valence-electron chi connectivity index (χ1n) is 12.2. The summed E-state index contributed by atoms with van der Waals surface area (Å²) in [5, 5.41) is 20.8. The number of rotatable bonds is 17. The third-order valence-corrected chi connectivity index (χ3v) is 6.39. The average molecular weight is 415 g/mol. The first kappa shape index (κ1) is 26.4. The minimum Gasteiger partial charge on any atom is -0.462 e. The fraction of sp³-hybridized carbons (Fsp3) is 0.958. The fourth-order valence-corrected chi connectivity index (χ4v) is 4.74. The molecule has 0 aromatic carbocycles. The molecule has 0 aliphatic heterocycles. The second kappa shape index (κ2) is 15.2. The molecule has 0 saturated heterocycles. The standard InChI is InChI=1S/C24H46O5/c1-4-7-8-9-10-12-15-20-17-18-22(25)21(20)16-13-11-14-19-24(27,29-6-3)23(26)28-5-2/h20-22,25,27H,4-19H2,1-3H3/t20-,21+,22-,24?/m0/s1. The number of unbranched alkanes of at least 4 members (excludes halogenated alkanes) is 7. The first-order valence-corrected chi connectivity index (χ1v) is 12.2. The van der Waals surface area contributed by atoms with E-state index in [4.69, 9.17) is 9.47 Å². The molecule has 0 bridgehead atoms. The predicted octanol–water partition coefficient (Wildman–Crippen LogP) is 5.36. The molecule has 5 nitrogen and oxygen atoms in total. The zero-order valence-electron chi connectivity index (χ0n) is 19.2. The normalized spacial score (nSPS) is 23.8. The lowest BCUT2D eigenvalue weighted by atomic mass is 9.85. The highest BCUT2D eigenvalue weighted by molar-refractivity contribution is 5.77. The third-order valence-electron chi connectivity index (χ3n) is 6.39. The lowest BCUT2D eigenvalue weighted by molar-refractivity contribution is -0.229. The number of carbonyl (C=O) groups excluding carboxylic acids is 1. The van der Waals surface area contributed by atoms with E-state index in [0.29, 0.717) is 18.3 Å². The lowest BCUT2D eigenvalue weighted by Gasteiger charge is -2.25. The molecule has 5 heteroatoms. The minimum atomic E-state index is -1.82. The smallest absolute Gasteiger partial charge is 0.366 e. The van der Waals surface area contributed by atoms with Gasteiger partial charge in [0, 0.05) is 13.0 Å². The average Bonchev–Trinajstić information content (AvgIpc) is 3.04. The van der Waals surface area contributed by atoms with Gasteiger partial charge in [-0.1, -0.05) is 64.7 Å². The van der Waals surface area contributed by atoms with E-state index in [0.717, 1.165) is 32.1 Å². The van der Waals surface area contributed by atoms with E-state index in [1.54, 1.807) is 13.8 Å². The van der Waals surface area contributed by atoms with Gasteiger partial charge in [-0.3, -0.25) is 0 Å². The number of ether oxygens (including phenoxy) is 2. The van der Waals surface area contributed by atoms with E-state index < -0.39 is 11.8 Å². The molecule has 0 aromatic rings. The molecule has 1 unspecified atom stereocenters. The van der Waals surface area contributed by atoms with Crippen molar-refractivity contribution in [2.75, 3.05) is 13.2 Å². The zero-order chi connectivity index (χ0) is 21.5. The summed E-state index contributed by atoms with van der Waals surface area (Å²) in [6, 6.07) is 0. The Bertz CT molecular complexity index is 427. The summed E-state index contributed by atoms with van der Waals surface area (Å²) in [4.78, 5) is 12.0. The summed E-state index contributed by atoms with van der Waals surface area (Å²) in [5.41, 5.74) is 0. The molecule has 1 saturated carbocycles. The third kappa shape index (κ3) is 9.80. The van der Waals surface area contributed by atoms with E-state index in [2.05, 4.69) is 6.92 Å². The number of aliphatic hydroxyl groups excluding tert-OH is 1. The molecule has 4 atom stereocenters. The summed E-state index contributed by atoms with van der Waals surface area (Å²) in [6.07, 6.45) is 15.1. The molecule has 29 heavy (non-hydrogen) atoms. The summed E-state index contributed by atoms with van der Waals surface area (Å²) in [6.45, 7) is 6.23. The summed E-state index contributed by atoms with van der Waals surface area (Å²) in [7, 11) is 0. The maximum atomic E-state index is 12.0. The first-order chi connectivity index (χ1) is 14.0. The molecule has 0 amide bonds. The van der Waals surface area contributed by atoms with Crippen LogP contribution in [0.3, 0.4) is 0 Å². The molecule has 0 aromatic heterocycles. The van der Waals surface area contributed by atoms with Crippen LogP contribution < -0.4 is 0 Å². The van der Waals surface area contributed by atoms with Crippen LogP contribution in [0.4, 0.5) is 0 Å². The Morgan fingerprint density at radius 1 is 0.897 bits per heavy atom. The van der Waals surface area contributed by atoms with Gasteiger partial charge in [0.15, 0.2) is 0 Å². The van der Waals surface area contributed by atoms with Crippen LogP contribution in [-0.4, -0.2) is 41.3 Å². The topological polar surface area (TPSA) is 76.0 Å². The van der Waals surface area contributed by atoms with Crippen molar-refractivity contribution < 1.29 is 24.5 Å². The van der Waals surface area contributed by atoms with Crippen LogP contribution in [0, 0.1) is 11.8 Å². The van der Waals surface area contributed by atoms with Crippen molar-refractivity contribution in [3.8, 4) is 0 Å². The van der Waals surface area contributed by atoms with E-state index in [1.807, 2.05) is 0 Å². The lowest BCUT2D eigenvalue weighted by Crippen LogP contribution is -2.43. The number of hydrogen-bond donors (Lipinski definition) is 2.